The Morgan fingerprint density at radius 1 is 1.53 bits per heavy atom. The Morgan fingerprint density at radius 3 is 2.93 bits per heavy atom. The summed E-state index contributed by atoms with van der Waals surface area (Å²) in [4.78, 5) is 6.54. The first kappa shape index (κ1) is 11.9. The van der Waals surface area contributed by atoms with Crippen molar-refractivity contribution in [2.45, 2.75) is 13.5 Å². The van der Waals surface area contributed by atoms with Crippen LogP contribution >= 0.6 is 0 Å². The van der Waals surface area contributed by atoms with Crippen molar-refractivity contribution in [3.05, 3.63) is 23.9 Å². The zero-order valence-electron chi connectivity index (χ0n) is 9.44. The SMILES string of the molecule is CCN(CCOC)c1ncccc1CN. The van der Waals surface area contributed by atoms with E-state index in [9.17, 15) is 0 Å². The predicted octanol–water partition coefficient (Wildman–Crippen LogP) is 1.01. The Bertz CT molecular complexity index is 291. The molecule has 84 valence electrons. The Hall–Kier alpha value is -1.13. The fraction of sp³-hybridized carbons (Fsp3) is 0.545. The van der Waals surface area contributed by atoms with Crippen molar-refractivity contribution in [1.29, 1.82) is 0 Å². The number of methoxy groups -OCH3 is 1. The minimum atomic E-state index is 0.520. The number of anilines is 1. The largest absolute Gasteiger partial charge is 0.383 e. The second-order valence-electron chi connectivity index (χ2n) is 3.26. The highest BCUT2D eigenvalue weighted by molar-refractivity contribution is 5.46. The van der Waals surface area contributed by atoms with Crippen LogP contribution in [-0.4, -0.2) is 31.8 Å². The normalized spacial score (nSPS) is 10.3. The van der Waals surface area contributed by atoms with Crippen LogP contribution in [0.25, 0.3) is 0 Å². The van der Waals surface area contributed by atoms with Gasteiger partial charge in [0.15, 0.2) is 0 Å². The average Bonchev–Trinajstić information content (AvgIpc) is 2.30. The van der Waals surface area contributed by atoms with Gasteiger partial charge >= 0.3 is 0 Å². The van der Waals surface area contributed by atoms with Crippen molar-refractivity contribution < 1.29 is 4.74 Å². The smallest absolute Gasteiger partial charge is 0.133 e. The lowest BCUT2D eigenvalue weighted by atomic mass is 10.2. The molecular formula is C11H19N3O. The van der Waals surface area contributed by atoms with E-state index in [2.05, 4.69) is 16.8 Å². The summed E-state index contributed by atoms with van der Waals surface area (Å²) in [5, 5.41) is 0. The van der Waals surface area contributed by atoms with Crippen molar-refractivity contribution in [1.82, 2.24) is 4.98 Å². The summed E-state index contributed by atoms with van der Waals surface area (Å²) in [7, 11) is 1.70. The van der Waals surface area contributed by atoms with E-state index in [1.165, 1.54) is 0 Å². The van der Waals surface area contributed by atoms with Crippen molar-refractivity contribution in [3.8, 4) is 0 Å². The molecule has 4 heteroatoms. The molecule has 0 fully saturated rings. The van der Waals surface area contributed by atoms with Crippen LogP contribution in [0.2, 0.25) is 0 Å². The van der Waals surface area contributed by atoms with Gasteiger partial charge in [0.05, 0.1) is 6.61 Å². The molecule has 0 radical (unpaired) electrons. The molecule has 0 bridgehead atoms. The molecule has 0 aliphatic rings. The van der Waals surface area contributed by atoms with Gasteiger partial charge in [-0.3, -0.25) is 0 Å². The highest BCUT2D eigenvalue weighted by Gasteiger charge is 2.09. The van der Waals surface area contributed by atoms with E-state index in [4.69, 9.17) is 10.5 Å². The summed E-state index contributed by atoms with van der Waals surface area (Å²) < 4.78 is 5.07. The second-order valence-corrected chi connectivity index (χ2v) is 3.26. The number of hydrogen-bond acceptors (Lipinski definition) is 4. The monoisotopic (exact) mass is 209 g/mol. The number of ether oxygens (including phenoxy) is 1. The van der Waals surface area contributed by atoms with Crippen LogP contribution < -0.4 is 10.6 Å². The van der Waals surface area contributed by atoms with Crippen LogP contribution in [0.3, 0.4) is 0 Å². The first-order chi connectivity index (χ1) is 7.33. The van der Waals surface area contributed by atoms with E-state index in [0.717, 1.165) is 24.5 Å². The van der Waals surface area contributed by atoms with Crippen molar-refractivity contribution in [2.75, 3.05) is 31.7 Å². The Kier molecular flexibility index (Phi) is 5.07. The number of rotatable bonds is 6. The van der Waals surface area contributed by atoms with Crippen LogP contribution in [0.1, 0.15) is 12.5 Å². The minimum Gasteiger partial charge on any atom is -0.383 e. The van der Waals surface area contributed by atoms with Gasteiger partial charge in [0.1, 0.15) is 5.82 Å². The van der Waals surface area contributed by atoms with E-state index < -0.39 is 0 Å². The molecule has 1 aromatic rings. The molecule has 0 aromatic carbocycles. The first-order valence-corrected chi connectivity index (χ1v) is 5.21. The second kappa shape index (κ2) is 6.37. The number of aromatic nitrogens is 1. The summed E-state index contributed by atoms with van der Waals surface area (Å²) in [5.41, 5.74) is 6.75. The molecule has 0 spiro atoms. The molecule has 1 aromatic heterocycles. The molecule has 1 heterocycles. The van der Waals surface area contributed by atoms with Gasteiger partial charge in [0, 0.05) is 38.5 Å². The number of nitrogens with two attached hydrogens (primary N) is 1. The van der Waals surface area contributed by atoms with E-state index in [-0.39, 0.29) is 0 Å². The van der Waals surface area contributed by atoms with Crippen molar-refractivity contribution >= 4 is 5.82 Å². The lowest BCUT2D eigenvalue weighted by Gasteiger charge is -2.23. The van der Waals surface area contributed by atoms with Gasteiger partial charge in [0.25, 0.3) is 0 Å². The molecule has 0 atom stereocenters. The Balaban J connectivity index is 2.80. The zero-order chi connectivity index (χ0) is 11.1. The average molecular weight is 209 g/mol. The van der Waals surface area contributed by atoms with Crippen LogP contribution in [0.4, 0.5) is 5.82 Å². The molecule has 0 aliphatic carbocycles. The summed E-state index contributed by atoms with van der Waals surface area (Å²) in [6.45, 7) is 5.08. The maximum Gasteiger partial charge on any atom is 0.133 e. The number of hydrogen-bond donors (Lipinski definition) is 1. The van der Waals surface area contributed by atoms with Crippen LogP contribution in [0, 0.1) is 0 Å². The number of nitrogens with zero attached hydrogens (tertiary/aromatic N) is 2. The number of pyridine rings is 1. The molecule has 0 amide bonds. The summed E-state index contributed by atoms with van der Waals surface area (Å²) in [5.74, 6) is 0.972. The third kappa shape index (κ3) is 3.18. The molecule has 0 saturated carbocycles. The van der Waals surface area contributed by atoms with Gasteiger partial charge in [-0.05, 0) is 13.0 Å². The molecular weight excluding hydrogens is 190 g/mol. The van der Waals surface area contributed by atoms with E-state index in [0.29, 0.717) is 13.2 Å². The standard InChI is InChI=1S/C11H19N3O/c1-3-14(7-8-15-2)11-10(9-12)5-4-6-13-11/h4-6H,3,7-9,12H2,1-2H3. The summed E-state index contributed by atoms with van der Waals surface area (Å²) in [6.07, 6.45) is 1.80. The molecule has 0 saturated heterocycles. The summed E-state index contributed by atoms with van der Waals surface area (Å²) in [6, 6.07) is 3.92. The van der Waals surface area contributed by atoms with Gasteiger partial charge in [-0.1, -0.05) is 6.07 Å². The zero-order valence-corrected chi connectivity index (χ0v) is 9.44. The van der Waals surface area contributed by atoms with Gasteiger partial charge < -0.3 is 15.4 Å². The van der Waals surface area contributed by atoms with Gasteiger partial charge in [-0.25, -0.2) is 4.98 Å². The Morgan fingerprint density at radius 2 is 2.33 bits per heavy atom. The molecule has 1 rings (SSSR count). The molecule has 4 nitrogen and oxygen atoms in total. The first-order valence-electron chi connectivity index (χ1n) is 5.21. The summed E-state index contributed by atoms with van der Waals surface area (Å²) >= 11 is 0. The van der Waals surface area contributed by atoms with Crippen LogP contribution in [-0.2, 0) is 11.3 Å². The minimum absolute atomic E-state index is 0.520. The van der Waals surface area contributed by atoms with Gasteiger partial charge in [-0.2, -0.15) is 0 Å². The van der Waals surface area contributed by atoms with Gasteiger partial charge in [-0.15, -0.1) is 0 Å². The van der Waals surface area contributed by atoms with Crippen molar-refractivity contribution in [2.24, 2.45) is 5.73 Å². The highest BCUT2D eigenvalue weighted by atomic mass is 16.5. The highest BCUT2D eigenvalue weighted by Crippen LogP contribution is 2.15. The fourth-order valence-electron chi connectivity index (χ4n) is 1.49. The maximum atomic E-state index is 5.67. The van der Waals surface area contributed by atoms with E-state index in [1.54, 1.807) is 13.3 Å². The molecule has 15 heavy (non-hydrogen) atoms. The Labute approximate surface area is 91.1 Å². The third-order valence-electron chi connectivity index (χ3n) is 2.33. The molecule has 0 unspecified atom stereocenters. The lowest BCUT2D eigenvalue weighted by Crippen LogP contribution is -2.29. The third-order valence-corrected chi connectivity index (χ3v) is 2.33. The fourth-order valence-corrected chi connectivity index (χ4v) is 1.49. The maximum absolute atomic E-state index is 5.67. The van der Waals surface area contributed by atoms with Crippen LogP contribution in [0.5, 0.6) is 0 Å². The van der Waals surface area contributed by atoms with Crippen molar-refractivity contribution in [3.63, 3.8) is 0 Å². The molecule has 2 N–H and O–H groups in total. The quantitative estimate of drug-likeness (QED) is 0.759. The predicted molar refractivity (Wildman–Crippen MR) is 61.9 cm³/mol. The lowest BCUT2D eigenvalue weighted by molar-refractivity contribution is 0.205. The molecule has 0 aliphatic heterocycles. The topological polar surface area (TPSA) is 51.4 Å². The van der Waals surface area contributed by atoms with Crippen LogP contribution in [0.15, 0.2) is 18.3 Å². The number of likely N-dealkylation sites (N-methyl/N-ethyl adjacent to an activating group) is 1. The van der Waals surface area contributed by atoms with E-state index >= 15 is 0 Å². The van der Waals surface area contributed by atoms with E-state index in [1.807, 2.05) is 12.1 Å². The van der Waals surface area contributed by atoms with Gasteiger partial charge in [0.2, 0.25) is 0 Å².